The average Bonchev–Trinajstić information content (AvgIpc) is 3.20. The summed E-state index contributed by atoms with van der Waals surface area (Å²) < 4.78 is 0. The second-order valence-electron chi connectivity index (χ2n) is 8.61. The van der Waals surface area contributed by atoms with Crippen molar-refractivity contribution in [1.82, 2.24) is 31.2 Å². The van der Waals surface area contributed by atoms with Crippen molar-refractivity contribution < 1.29 is 9.90 Å². The fourth-order valence-corrected chi connectivity index (χ4v) is 4.84. The normalized spacial score (nSPS) is 33.0. The Kier molecular flexibility index (Phi) is 5.66. The zero-order chi connectivity index (χ0) is 20.5. The van der Waals surface area contributed by atoms with Crippen LogP contribution in [0.3, 0.4) is 0 Å². The predicted octanol–water partition coefficient (Wildman–Crippen LogP) is 0.0557. The zero-order valence-corrected chi connectivity index (χ0v) is 17.1. The first kappa shape index (κ1) is 19.8. The van der Waals surface area contributed by atoms with Crippen molar-refractivity contribution in [3.63, 3.8) is 0 Å². The standard InChI is InChI=1S/C22H30N6O2/c29-16-9-11-28(13-16)22-26-20(24-15-5-3-10-23-12-15)19(21(30)27-22)18-8-7-14-4-1-2-6-17(14)25-18/h1-2,4,6-8,15-16,19-20,22-24,26,29H,3,5,9-13H2,(H,27,30)/t15-,16?,19?,20?,22?/m1/s1. The quantitative estimate of drug-likeness (QED) is 0.486. The van der Waals surface area contributed by atoms with E-state index in [2.05, 4.69) is 26.2 Å². The fraction of sp³-hybridized carbons (Fsp3) is 0.545. The second-order valence-corrected chi connectivity index (χ2v) is 8.61. The molecule has 4 unspecified atom stereocenters. The summed E-state index contributed by atoms with van der Waals surface area (Å²) in [4.78, 5) is 20.2. The molecular weight excluding hydrogens is 380 g/mol. The first-order valence-corrected chi connectivity index (χ1v) is 11.0. The molecule has 0 bridgehead atoms. The van der Waals surface area contributed by atoms with Gasteiger partial charge in [0.2, 0.25) is 5.91 Å². The van der Waals surface area contributed by atoms with Crippen LogP contribution in [0.1, 0.15) is 30.9 Å². The molecule has 8 nitrogen and oxygen atoms in total. The van der Waals surface area contributed by atoms with E-state index < -0.39 is 5.92 Å². The van der Waals surface area contributed by atoms with E-state index in [-0.39, 0.29) is 24.5 Å². The van der Waals surface area contributed by atoms with Crippen molar-refractivity contribution >= 4 is 16.8 Å². The maximum Gasteiger partial charge on any atom is 0.234 e. The number of carbonyl (C=O) groups is 1. The van der Waals surface area contributed by atoms with Gasteiger partial charge in [-0.15, -0.1) is 0 Å². The van der Waals surface area contributed by atoms with Gasteiger partial charge >= 0.3 is 0 Å². The number of aliphatic hydroxyl groups excluding tert-OH is 1. The average molecular weight is 411 g/mol. The van der Waals surface area contributed by atoms with Gasteiger partial charge in [0.25, 0.3) is 0 Å². The van der Waals surface area contributed by atoms with E-state index in [9.17, 15) is 9.90 Å². The van der Waals surface area contributed by atoms with Crippen molar-refractivity contribution in [3.05, 3.63) is 42.1 Å². The van der Waals surface area contributed by atoms with Crippen LogP contribution >= 0.6 is 0 Å². The molecule has 5 atom stereocenters. The Bertz CT molecular complexity index is 902. The van der Waals surface area contributed by atoms with Crippen LogP contribution in [-0.2, 0) is 4.79 Å². The Morgan fingerprint density at radius 2 is 2.07 bits per heavy atom. The van der Waals surface area contributed by atoms with Gasteiger partial charge in [-0.1, -0.05) is 24.3 Å². The lowest BCUT2D eigenvalue weighted by Gasteiger charge is -2.43. The third-order valence-electron chi connectivity index (χ3n) is 6.44. The molecule has 0 spiro atoms. The smallest absolute Gasteiger partial charge is 0.234 e. The number of piperidine rings is 1. The minimum absolute atomic E-state index is 0.0378. The molecule has 160 valence electrons. The molecule has 1 aromatic carbocycles. The number of fused-ring (bicyclic) bond motifs is 1. The first-order chi connectivity index (χ1) is 14.7. The first-order valence-electron chi connectivity index (χ1n) is 11.0. The van der Waals surface area contributed by atoms with Crippen LogP contribution in [0.15, 0.2) is 36.4 Å². The molecule has 1 amide bonds. The van der Waals surface area contributed by atoms with E-state index in [1.54, 1.807) is 0 Å². The lowest BCUT2D eigenvalue weighted by atomic mass is 9.95. The number of para-hydroxylation sites is 1. The maximum atomic E-state index is 13.3. The molecule has 30 heavy (non-hydrogen) atoms. The summed E-state index contributed by atoms with van der Waals surface area (Å²) in [6.07, 6.45) is 2.07. The van der Waals surface area contributed by atoms with Crippen LogP contribution in [0, 0.1) is 0 Å². The topological polar surface area (TPSA) is 102 Å². The zero-order valence-electron chi connectivity index (χ0n) is 17.1. The van der Waals surface area contributed by atoms with E-state index in [0.717, 1.165) is 55.5 Å². The van der Waals surface area contributed by atoms with E-state index in [4.69, 9.17) is 4.98 Å². The van der Waals surface area contributed by atoms with Gasteiger partial charge in [-0.05, 0) is 37.9 Å². The van der Waals surface area contributed by atoms with E-state index >= 15 is 0 Å². The molecule has 2 aromatic rings. The van der Waals surface area contributed by atoms with E-state index in [0.29, 0.717) is 12.6 Å². The molecular formula is C22H30N6O2. The molecule has 1 aromatic heterocycles. The predicted molar refractivity (Wildman–Crippen MR) is 115 cm³/mol. The van der Waals surface area contributed by atoms with Gasteiger partial charge in [-0.25, -0.2) is 0 Å². The highest BCUT2D eigenvalue weighted by atomic mass is 16.3. The summed E-state index contributed by atoms with van der Waals surface area (Å²) in [5.74, 6) is -0.468. The van der Waals surface area contributed by atoms with E-state index in [1.165, 1.54) is 0 Å². The third-order valence-corrected chi connectivity index (χ3v) is 6.44. The second kappa shape index (κ2) is 8.56. The molecule has 3 fully saturated rings. The molecule has 0 saturated carbocycles. The fourth-order valence-electron chi connectivity index (χ4n) is 4.84. The Hall–Kier alpha value is -2.10. The molecule has 5 rings (SSSR count). The number of β-amino-alcohol motifs (C(OH)–C–C–N with tert-alkyl or cyclic N) is 1. The number of nitrogens with one attached hydrogen (secondary N) is 4. The number of pyridine rings is 1. The number of hydrogen-bond acceptors (Lipinski definition) is 7. The minimum atomic E-state index is -0.430. The number of aliphatic hydroxyl groups is 1. The van der Waals surface area contributed by atoms with Crippen molar-refractivity contribution in [3.8, 4) is 0 Å². The third kappa shape index (κ3) is 4.06. The number of hydrogen-bond donors (Lipinski definition) is 5. The largest absolute Gasteiger partial charge is 0.392 e. The van der Waals surface area contributed by atoms with Gasteiger partial charge in [0.1, 0.15) is 12.2 Å². The van der Waals surface area contributed by atoms with Gasteiger partial charge in [-0.3, -0.25) is 25.3 Å². The summed E-state index contributed by atoms with van der Waals surface area (Å²) in [6, 6.07) is 12.3. The highest BCUT2D eigenvalue weighted by Crippen LogP contribution is 2.25. The summed E-state index contributed by atoms with van der Waals surface area (Å²) in [7, 11) is 0. The van der Waals surface area contributed by atoms with E-state index in [1.807, 2.05) is 36.4 Å². The van der Waals surface area contributed by atoms with Gasteiger partial charge in [0.15, 0.2) is 0 Å². The van der Waals surface area contributed by atoms with Crippen LogP contribution in [-0.4, -0.2) is 71.7 Å². The highest BCUT2D eigenvalue weighted by Gasteiger charge is 2.42. The lowest BCUT2D eigenvalue weighted by Crippen LogP contribution is -2.70. The number of amides is 1. The van der Waals surface area contributed by atoms with Crippen LogP contribution < -0.4 is 21.3 Å². The summed E-state index contributed by atoms with van der Waals surface area (Å²) in [6.45, 7) is 3.26. The Morgan fingerprint density at radius 1 is 1.17 bits per heavy atom. The Balaban J connectivity index is 1.42. The number of carbonyl (C=O) groups excluding carboxylic acids is 1. The number of benzene rings is 1. The maximum absolute atomic E-state index is 13.3. The number of nitrogens with zero attached hydrogens (tertiary/aromatic N) is 2. The van der Waals surface area contributed by atoms with Crippen LogP contribution in [0.5, 0.6) is 0 Å². The Morgan fingerprint density at radius 3 is 2.87 bits per heavy atom. The van der Waals surface area contributed by atoms with Gasteiger partial charge < -0.3 is 15.7 Å². The molecule has 0 aliphatic carbocycles. The van der Waals surface area contributed by atoms with Crippen molar-refractivity contribution in [1.29, 1.82) is 0 Å². The highest BCUT2D eigenvalue weighted by molar-refractivity contribution is 5.86. The van der Waals surface area contributed by atoms with Gasteiger partial charge in [0, 0.05) is 31.1 Å². The minimum Gasteiger partial charge on any atom is -0.392 e. The summed E-state index contributed by atoms with van der Waals surface area (Å²) >= 11 is 0. The molecule has 5 N–H and O–H groups in total. The SMILES string of the molecule is O=C1NC(N2CCC(O)C2)NC(N[C@@H]2CCCNC2)C1c1ccc2ccccc2n1. The van der Waals surface area contributed by atoms with Crippen molar-refractivity contribution in [2.75, 3.05) is 26.2 Å². The van der Waals surface area contributed by atoms with Crippen LogP contribution in [0.4, 0.5) is 0 Å². The molecule has 3 saturated heterocycles. The Labute approximate surface area is 176 Å². The lowest BCUT2D eigenvalue weighted by molar-refractivity contribution is -0.129. The number of likely N-dealkylation sites (tertiary alicyclic amines) is 1. The van der Waals surface area contributed by atoms with Crippen molar-refractivity contribution in [2.45, 2.75) is 49.8 Å². The number of rotatable bonds is 4. The van der Waals surface area contributed by atoms with Gasteiger partial charge in [-0.2, -0.15) is 0 Å². The molecule has 3 aliphatic heterocycles. The van der Waals surface area contributed by atoms with Crippen LogP contribution in [0.2, 0.25) is 0 Å². The molecule has 3 aliphatic rings. The molecule has 8 heteroatoms. The molecule has 4 heterocycles. The monoisotopic (exact) mass is 410 g/mol. The summed E-state index contributed by atoms with van der Waals surface area (Å²) in [5.41, 5.74) is 1.66. The molecule has 0 radical (unpaired) electrons. The van der Waals surface area contributed by atoms with Crippen molar-refractivity contribution in [2.24, 2.45) is 0 Å². The van der Waals surface area contributed by atoms with Crippen LogP contribution in [0.25, 0.3) is 10.9 Å². The number of aromatic nitrogens is 1. The van der Waals surface area contributed by atoms with Gasteiger partial charge in [0.05, 0.1) is 23.5 Å². The summed E-state index contributed by atoms with van der Waals surface area (Å²) in [5, 5.41) is 24.8.